The van der Waals surface area contributed by atoms with E-state index in [4.69, 9.17) is 16.3 Å². The molecule has 92 valence electrons. The molecule has 1 atom stereocenters. The maximum absolute atomic E-state index is 12.5. The summed E-state index contributed by atoms with van der Waals surface area (Å²) in [4.78, 5) is 12.5. The summed E-state index contributed by atoms with van der Waals surface area (Å²) in [6.07, 6.45) is 2.44. The molecule has 2 rings (SSSR count). The summed E-state index contributed by atoms with van der Waals surface area (Å²) in [6, 6.07) is 7.85. The van der Waals surface area contributed by atoms with Crippen molar-refractivity contribution >= 4 is 17.4 Å². The van der Waals surface area contributed by atoms with Gasteiger partial charge >= 0.3 is 0 Å². The maximum atomic E-state index is 12.5. The molecule has 0 amide bonds. The monoisotopic (exact) mass is 252 g/mol. The minimum absolute atomic E-state index is 0.222. The molecule has 0 heterocycles. The first kappa shape index (κ1) is 12.6. The highest BCUT2D eigenvalue weighted by molar-refractivity contribution is 6.17. The van der Waals surface area contributed by atoms with Crippen molar-refractivity contribution in [3.05, 3.63) is 35.4 Å². The number of benzene rings is 1. The zero-order valence-corrected chi connectivity index (χ0v) is 10.8. The van der Waals surface area contributed by atoms with E-state index in [0.717, 1.165) is 30.4 Å². The lowest BCUT2D eigenvalue weighted by Gasteiger charge is -2.26. The molecule has 3 heteroatoms. The number of hydrogen-bond donors (Lipinski definition) is 0. The number of ether oxygens (including phenoxy) is 1. The Hall–Kier alpha value is -0.860. The molecule has 0 fully saturated rings. The third-order valence-electron chi connectivity index (χ3n) is 3.48. The molecule has 1 aromatic carbocycles. The Kier molecular flexibility index (Phi) is 3.85. The number of rotatable bonds is 5. The summed E-state index contributed by atoms with van der Waals surface area (Å²) in [7, 11) is 1.65. The number of alkyl halides is 1. The second kappa shape index (κ2) is 5.19. The standard InChI is InChI=1S/C14H17ClO2/c1-17-10-14(7-4-8-15)9-11-5-2-3-6-12(11)13(14)16/h2-3,5-6H,4,7-10H2,1H3/t14-/m1/s1. The van der Waals surface area contributed by atoms with Gasteiger partial charge in [-0.05, 0) is 24.8 Å². The highest BCUT2D eigenvalue weighted by Gasteiger charge is 2.44. The zero-order chi connectivity index (χ0) is 12.3. The number of methoxy groups -OCH3 is 1. The van der Waals surface area contributed by atoms with Crippen molar-refractivity contribution < 1.29 is 9.53 Å². The fourth-order valence-electron chi connectivity index (χ4n) is 2.70. The Labute approximate surface area is 107 Å². The molecule has 0 unspecified atom stereocenters. The van der Waals surface area contributed by atoms with Crippen molar-refractivity contribution in [3.8, 4) is 0 Å². The lowest BCUT2D eigenvalue weighted by molar-refractivity contribution is 0.0532. The van der Waals surface area contributed by atoms with Crippen molar-refractivity contribution in [2.24, 2.45) is 5.41 Å². The Morgan fingerprint density at radius 1 is 1.41 bits per heavy atom. The highest BCUT2D eigenvalue weighted by atomic mass is 35.5. The van der Waals surface area contributed by atoms with Crippen LogP contribution in [0.2, 0.25) is 0 Å². The number of Topliss-reactive ketones (excluding diaryl/α,β-unsaturated/α-hetero) is 1. The first-order valence-electron chi connectivity index (χ1n) is 5.91. The first-order chi connectivity index (χ1) is 8.23. The minimum atomic E-state index is -0.382. The van der Waals surface area contributed by atoms with Crippen LogP contribution in [0.4, 0.5) is 0 Å². The van der Waals surface area contributed by atoms with Gasteiger partial charge in [-0.1, -0.05) is 24.3 Å². The van der Waals surface area contributed by atoms with Crippen LogP contribution in [0.1, 0.15) is 28.8 Å². The number of fused-ring (bicyclic) bond motifs is 1. The topological polar surface area (TPSA) is 26.3 Å². The number of halogens is 1. The van der Waals surface area contributed by atoms with Gasteiger partial charge in [0.15, 0.2) is 5.78 Å². The Balaban J connectivity index is 2.29. The van der Waals surface area contributed by atoms with Crippen LogP contribution in [0, 0.1) is 5.41 Å². The largest absolute Gasteiger partial charge is 0.384 e. The fourth-order valence-corrected chi connectivity index (χ4v) is 2.83. The summed E-state index contributed by atoms with van der Waals surface area (Å²) >= 11 is 5.75. The molecule has 17 heavy (non-hydrogen) atoms. The van der Waals surface area contributed by atoms with Gasteiger partial charge in [-0.2, -0.15) is 0 Å². The average Bonchev–Trinajstić information content (AvgIpc) is 2.62. The zero-order valence-electron chi connectivity index (χ0n) is 10.0. The molecule has 0 spiro atoms. The van der Waals surface area contributed by atoms with E-state index in [0.29, 0.717) is 12.5 Å². The molecule has 0 N–H and O–H groups in total. The van der Waals surface area contributed by atoms with Crippen molar-refractivity contribution in [1.29, 1.82) is 0 Å². The molecule has 0 radical (unpaired) electrons. The van der Waals surface area contributed by atoms with Gasteiger partial charge in [-0.25, -0.2) is 0 Å². The molecular weight excluding hydrogens is 236 g/mol. The van der Waals surface area contributed by atoms with E-state index in [1.807, 2.05) is 24.3 Å². The average molecular weight is 253 g/mol. The molecule has 0 aliphatic heterocycles. The molecule has 1 aliphatic carbocycles. The van der Waals surface area contributed by atoms with E-state index in [1.165, 1.54) is 0 Å². The Morgan fingerprint density at radius 3 is 2.82 bits per heavy atom. The normalized spacial score (nSPS) is 22.8. The predicted octanol–water partition coefficient (Wildman–Crippen LogP) is 3.08. The maximum Gasteiger partial charge on any atom is 0.171 e. The summed E-state index contributed by atoms with van der Waals surface area (Å²) in [6.45, 7) is 0.484. The van der Waals surface area contributed by atoms with Gasteiger partial charge in [0, 0.05) is 18.6 Å². The van der Waals surface area contributed by atoms with Crippen LogP contribution in [0.5, 0.6) is 0 Å². The molecule has 2 nitrogen and oxygen atoms in total. The van der Waals surface area contributed by atoms with Crippen molar-refractivity contribution in [1.82, 2.24) is 0 Å². The Morgan fingerprint density at radius 2 is 2.18 bits per heavy atom. The lowest BCUT2D eigenvalue weighted by Crippen LogP contribution is -2.33. The second-order valence-electron chi connectivity index (χ2n) is 4.67. The van der Waals surface area contributed by atoms with E-state index in [9.17, 15) is 4.79 Å². The van der Waals surface area contributed by atoms with Gasteiger partial charge in [0.2, 0.25) is 0 Å². The smallest absolute Gasteiger partial charge is 0.171 e. The summed E-state index contributed by atoms with van der Waals surface area (Å²) in [5, 5.41) is 0. The van der Waals surface area contributed by atoms with E-state index in [-0.39, 0.29) is 11.2 Å². The third-order valence-corrected chi connectivity index (χ3v) is 3.75. The van der Waals surface area contributed by atoms with Crippen molar-refractivity contribution in [2.45, 2.75) is 19.3 Å². The number of carbonyl (C=O) groups is 1. The highest BCUT2D eigenvalue weighted by Crippen LogP contribution is 2.40. The molecular formula is C14H17ClO2. The van der Waals surface area contributed by atoms with Gasteiger partial charge < -0.3 is 4.74 Å². The summed E-state index contributed by atoms with van der Waals surface area (Å²) in [5.41, 5.74) is 1.62. The van der Waals surface area contributed by atoms with Crippen LogP contribution in [-0.2, 0) is 11.2 Å². The van der Waals surface area contributed by atoms with E-state index in [1.54, 1.807) is 7.11 Å². The van der Waals surface area contributed by atoms with E-state index >= 15 is 0 Å². The van der Waals surface area contributed by atoms with Gasteiger partial charge in [-0.15, -0.1) is 11.6 Å². The second-order valence-corrected chi connectivity index (χ2v) is 5.05. The fraction of sp³-hybridized carbons (Fsp3) is 0.500. The van der Waals surface area contributed by atoms with Gasteiger partial charge in [0.25, 0.3) is 0 Å². The SMILES string of the molecule is COC[C@@]1(CCCCl)Cc2ccccc2C1=O. The van der Waals surface area contributed by atoms with Crippen LogP contribution in [0.15, 0.2) is 24.3 Å². The number of ketones is 1. The van der Waals surface area contributed by atoms with Gasteiger partial charge in [-0.3, -0.25) is 4.79 Å². The number of carbonyl (C=O) groups excluding carboxylic acids is 1. The Bertz CT molecular complexity index is 416. The van der Waals surface area contributed by atoms with Crippen LogP contribution in [0.25, 0.3) is 0 Å². The first-order valence-corrected chi connectivity index (χ1v) is 6.44. The predicted molar refractivity (Wildman–Crippen MR) is 68.7 cm³/mol. The number of hydrogen-bond acceptors (Lipinski definition) is 2. The van der Waals surface area contributed by atoms with Crippen LogP contribution in [0.3, 0.4) is 0 Å². The molecule has 1 aromatic rings. The third kappa shape index (κ3) is 2.24. The summed E-state index contributed by atoms with van der Waals surface area (Å²) < 4.78 is 5.26. The quantitative estimate of drug-likeness (QED) is 0.753. The summed E-state index contributed by atoms with van der Waals surface area (Å²) in [5.74, 6) is 0.815. The van der Waals surface area contributed by atoms with Crippen molar-refractivity contribution in [3.63, 3.8) is 0 Å². The molecule has 0 saturated carbocycles. The van der Waals surface area contributed by atoms with E-state index in [2.05, 4.69) is 0 Å². The van der Waals surface area contributed by atoms with Crippen LogP contribution in [-0.4, -0.2) is 25.4 Å². The lowest BCUT2D eigenvalue weighted by atomic mass is 9.80. The van der Waals surface area contributed by atoms with Crippen LogP contribution < -0.4 is 0 Å². The van der Waals surface area contributed by atoms with E-state index < -0.39 is 0 Å². The minimum Gasteiger partial charge on any atom is -0.384 e. The molecule has 0 bridgehead atoms. The molecule has 0 saturated heterocycles. The molecule has 0 aromatic heterocycles. The van der Waals surface area contributed by atoms with Gasteiger partial charge in [0.05, 0.1) is 12.0 Å². The van der Waals surface area contributed by atoms with Crippen LogP contribution >= 0.6 is 11.6 Å². The van der Waals surface area contributed by atoms with Crippen molar-refractivity contribution in [2.75, 3.05) is 19.6 Å². The van der Waals surface area contributed by atoms with Gasteiger partial charge in [0.1, 0.15) is 0 Å². The molecule has 1 aliphatic rings.